The summed E-state index contributed by atoms with van der Waals surface area (Å²) >= 11 is 9.94. The van der Waals surface area contributed by atoms with E-state index in [9.17, 15) is 9.90 Å². The molecule has 0 bridgehead atoms. The lowest BCUT2D eigenvalue weighted by Crippen LogP contribution is -2.27. The van der Waals surface area contributed by atoms with Crippen LogP contribution in [-0.2, 0) is 10.5 Å². The molecule has 1 atom stereocenters. The third-order valence-electron chi connectivity index (χ3n) is 3.67. The summed E-state index contributed by atoms with van der Waals surface area (Å²) in [5, 5.41) is 17.3. The van der Waals surface area contributed by atoms with Gasteiger partial charge in [0.2, 0.25) is 5.89 Å². The molecule has 152 valence electrons. The van der Waals surface area contributed by atoms with E-state index >= 15 is 0 Å². The van der Waals surface area contributed by atoms with Gasteiger partial charge in [-0.1, -0.05) is 17.4 Å². The van der Waals surface area contributed by atoms with Crippen LogP contribution in [0.5, 0.6) is 11.5 Å². The topological polar surface area (TPSA) is 107 Å². The van der Waals surface area contributed by atoms with Gasteiger partial charge in [-0.25, -0.2) is 4.79 Å². The lowest BCUT2D eigenvalue weighted by atomic mass is 10.1. The Hall–Kier alpha value is -1.85. The molecule has 2 N–H and O–H groups in total. The molecule has 0 radical (unpaired) electrons. The molecular formula is C17H20BrN3O5S2. The number of nitrogens with one attached hydrogen (secondary N) is 1. The predicted molar refractivity (Wildman–Crippen MR) is 113 cm³/mol. The van der Waals surface area contributed by atoms with Crippen LogP contribution >= 0.6 is 39.9 Å². The molecule has 0 aliphatic rings. The van der Waals surface area contributed by atoms with Gasteiger partial charge in [0.1, 0.15) is 17.5 Å². The summed E-state index contributed by atoms with van der Waals surface area (Å²) in [5.74, 6) is 1.50. The number of phenols is 1. The minimum atomic E-state index is -0.575. The van der Waals surface area contributed by atoms with Crippen molar-refractivity contribution in [2.75, 3.05) is 20.0 Å². The quantitative estimate of drug-likeness (QED) is 0.422. The summed E-state index contributed by atoms with van der Waals surface area (Å²) < 4.78 is 15.7. The number of hydrogen-bond acceptors (Lipinski definition) is 9. The number of ether oxygens (including phenoxy) is 2. The number of aryl methyl sites for hydroxylation is 1. The fourth-order valence-electron chi connectivity index (χ4n) is 2.42. The highest BCUT2D eigenvalue weighted by molar-refractivity contribution is 9.10. The molecule has 2 rings (SSSR count). The minimum Gasteiger partial charge on any atom is -0.507 e. The number of methoxy groups -OCH3 is 2. The van der Waals surface area contributed by atoms with Crippen molar-refractivity contribution in [2.24, 2.45) is 0 Å². The summed E-state index contributed by atoms with van der Waals surface area (Å²) in [7, 11) is 2.73. The largest absolute Gasteiger partial charge is 0.507 e. The Labute approximate surface area is 180 Å². The number of halogens is 1. The number of rotatable bonds is 8. The van der Waals surface area contributed by atoms with Crippen LogP contribution in [0.25, 0.3) is 0 Å². The van der Waals surface area contributed by atoms with E-state index in [1.165, 1.54) is 32.0 Å². The number of hydrogen-bond donors (Lipinski definition) is 2. The monoisotopic (exact) mass is 489 g/mol. The molecule has 0 unspecified atom stereocenters. The Bertz CT molecular complexity index is 875. The SMILES string of the molecule is COC(=O)c1c(Br)c(OC)cc(O)c1CSC[C@H](NC(C)=S)c1nc(C)no1. The highest BCUT2D eigenvalue weighted by Crippen LogP contribution is 2.39. The first-order valence-electron chi connectivity index (χ1n) is 8.10. The number of carbonyl (C=O) groups excluding carboxylic acids is 1. The normalized spacial score (nSPS) is 11.8. The first-order chi connectivity index (χ1) is 13.3. The van der Waals surface area contributed by atoms with Crippen LogP contribution in [-0.4, -0.2) is 46.2 Å². The fraction of sp³-hybridized carbons (Fsp3) is 0.412. The molecule has 0 saturated heterocycles. The number of thioether (sulfide) groups is 1. The molecule has 28 heavy (non-hydrogen) atoms. The standard InChI is InChI=1S/C17H20BrN3O5S2/c1-8-19-16(26-21-8)11(20-9(2)27)7-28-6-10-12(22)5-13(24-3)15(18)14(10)17(23)25-4/h5,11,22H,6-7H2,1-4H3,(H,20,27)/t11-/m0/s1. The van der Waals surface area contributed by atoms with Crippen molar-refractivity contribution >= 4 is 50.9 Å². The van der Waals surface area contributed by atoms with Crippen LogP contribution in [0.2, 0.25) is 0 Å². The van der Waals surface area contributed by atoms with Crippen molar-refractivity contribution in [3.8, 4) is 11.5 Å². The first-order valence-corrected chi connectivity index (χ1v) is 10.5. The molecule has 8 nitrogen and oxygen atoms in total. The van der Waals surface area contributed by atoms with Crippen LogP contribution in [0, 0.1) is 6.92 Å². The first kappa shape index (κ1) is 22.4. The van der Waals surface area contributed by atoms with E-state index in [0.717, 1.165) is 0 Å². The molecule has 0 amide bonds. The van der Waals surface area contributed by atoms with Gasteiger partial charge in [-0.05, 0) is 29.8 Å². The fourth-order valence-corrected chi connectivity index (χ4v) is 4.32. The second-order valence-electron chi connectivity index (χ2n) is 5.71. The van der Waals surface area contributed by atoms with E-state index in [-0.39, 0.29) is 17.4 Å². The van der Waals surface area contributed by atoms with E-state index in [1.54, 1.807) is 13.8 Å². The van der Waals surface area contributed by atoms with Gasteiger partial charge < -0.3 is 24.4 Å². The minimum absolute atomic E-state index is 0.0582. The predicted octanol–water partition coefficient (Wildman–Crippen LogP) is 3.55. The van der Waals surface area contributed by atoms with Crippen molar-refractivity contribution in [1.82, 2.24) is 15.5 Å². The highest BCUT2D eigenvalue weighted by Gasteiger charge is 2.24. The summed E-state index contributed by atoms with van der Waals surface area (Å²) in [6.45, 7) is 3.50. The Morgan fingerprint density at radius 3 is 2.75 bits per heavy atom. The number of nitrogens with zero attached hydrogens (tertiary/aromatic N) is 2. The molecular weight excluding hydrogens is 470 g/mol. The smallest absolute Gasteiger partial charge is 0.339 e. The zero-order valence-corrected chi connectivity index (χ0v) is 19.0. The van der Waals surface area contributed by atoms with Gasteiger partial charge in [0, 0.05) is 23.1 Å². The van der Waals surface area contributed by atoms with Gasteiger partial charge >= 0.3 is 5.97 Å². The molecule has 11 heteroatoms. The third-order valence-corrected chi connectivity index (χ3v) is 5.64. The van der Waals surface area contributed by atoms with Crippen molar-refractivity contribution in [3.63, 3.8) is 0 Å². The summed E-state index contributed by atoms with van der Waals surface area (Å²) in [6, 6.07) is 1.15. The van der Waals surface area contributed by atoms with Crippen molar-refractivity contribution in [3.05, 3.63) is 33.4 Å². The number of benzene rings is 1. The molecule has 1 heterocycles. The van der Waals surface area contributed by atoms with E-state index in [0.29, 0.717) is 44.0 Å². The van der Waals surface area contributed by atoms with E-state index in [1.807, 2.05) is 0 Å². The number of aromatic nitrogens is 2. The molecule has 2 aromatic rings. The van der Waals surface area contributed by atoms with E-state index in [4.69, 9.17) is 26.2 Å². The van der Waals surface area contributed by atoms with Gasteiger partial charge in [-0.15, -0.1) is 0 Å². The number of phenolic OH excluding ortho intramolecular Hbond substituents is 1. The second kappa shape index (κ2) is 10.1. The Kier molecular flexibility index (Phi) is 8.08. The maximum Gasteiger partial charge on any atom is 0.339 e. The van der Waals surface area contributed by atoms with E-state index < -0.39 is 5.97 Å². The average molecular weight is 490 g/mol. The summed E-state index contributed by atoms with van der Waals surface area (Å²) in [5.41, 5.74) is 0.653. The number of esters is 1. The number of carbonyl (C=O) groups is 1. The molecule has 0 spiro atoms. The van der Waals surface area contributed by atoms with Crippen LogP contribution in [0.15, 0.2) is 15.1 Å². The lowest BCUT2D eigenvalue weighted by Gasteiger charge is -2.17. The van der Waals surface area contributed by atoms with Crippen LogP contribution < -0.4 is 10.1 Å². The van der Waals surface area contributed by atoms with E-state index in [2.05, 4.69) is 31.4 Å². The van der Waals surface area contributed by atoms with Crippen molar-refractivity contribution < 1.29 is 23.9 Å². The third kappa shape index (κ3) is 5.36. The van der Waals surface area contributed by atoms with Gasteiger partial charge in [0.25, 0.3) is 0 Å². The van der Waals surface area contributed by atoms with Gasteiger partial charge in [0.15, 0.2) is 5.82 Å². The molecule has 0 fully saturated rings. The maximum absolute atomic E-state index is 12.3. The molecule has 1 aromatic carbocycles. The van der Waals surface area contributed by atoms with Gasteiger partial charge in [-0.3, -0.25) is 0 Å². The summed E-state index contributed by atoms with van der Waals surface area (Å²) in [4.78, 5) is 17.1. The Balaban J connectivity index is 2.23. The molecule has 1 aromatic heterocycles. The maximum atomic E-state index is 12.3. The van der Waals surface area contributed by atoms with Crippen LogP contribution in [0.4, 0.5) is 0 Å². The Morgan fingerprint density at radius 2 is 2.21 bits per heavy atom. The van der Waals surface area contributed by atoms with Crippen molar-refractivity contribution in [2.45, 2.75) is 25.6 Å². The van der Waals surface area contributed by atoms with Crippen LogP contribution in [0.3, 0.4) is 0 Å². The molecule has 0 aliphatic carbocycles. The average Bonchev–Trinajstić information content (AvgIpc) is 3.08. The number of thiocarbonyl (C=S) groups is 1. The Morgan fingerprint density at radius 1 is 1.50 bits per heavy atom. The van der Waals surface area contributed by atoms with Crippen LogP contribution in [0.1, 0.15) is 40.6 Å². The number of aromatic hydroxyl groups is 1. The molecule has 0 saturated carbocycles. The van der Waals surface area contributed by atoms with Gasteiger partial charge in [-0.2, -0.15) is 16.7 Å². The zero-order valence-electron chi connectivity index (χ0n) is 15.7. The lowest BCUT2D eigenvalue weighted by molar-refractivity contribution is 0.0597. The van der Waals surface area contributed by atoms with Crippen molar-refractivity contribution in [1.29, 1.82) is 0 Å². The summed E-state index contributed by atoms with van der Waals surface area (Å²) in [6.07, 6.45) is 0. The van der Waals surface area contributed by atoms with Gasteiger partial charge in [0.05, 0.1) is 29.2 Å². The zero-order chi connectivity index (χ0) is 20.8. The molecule has 0 aliphatic heterocycles. The second-order valence-corrected chi connectivity index (χ2v) is 8.14. The highest BCUT2D eigenvalue weighted by atomic mass is 79.9.